The van der Waals surface area contributed by atoms with E-state index in [1.165, 1.54) is 11.1 Å². The summed E-state index contributed by atoms with van der Waals surface area (Å²) >= 11 is 0. The van der Waals surface area contributed by atoms with Crippen LogP contribution >= 0.6 is 0 Å². The van der Waals surface area contributed by atoms with Crippen LogP contribution in [-0.2, 0) is 17.8 Å². The van der Waals surface area contributed by atoms with E-state index >= 15 is 0 Å². The van der Waals surface area contributed by atoms with Crippen molar-refractivity contribution in [2.45, 2.75) is 39.2 Å². The zero-order valence-corrected chi connectivity index (χ0v) is 17.2. The van der Waals surface area contributed by atoms with Gasteiger partial charge in [-0.15, -0.1) is 0 Å². The van der Waals surface area contributed by atoms with Crippen LogP contribution in [0.25, 0.3) is 11.0 Å². The van der Waals surface area contributed by atoms with Crippen molar-refractivity contribution in [3.63, 3.8) is 0 Å². The molecule has 1 amide bonds. The van der Waals surface area contributed by atoms with Crippen LogP contribution in [0.3, 0.4) is 0 Å². The van der Waals surface area contributed by atoms with Crippen LogP contribution in [0.5, 0.6) is 0 Å². The zero-order valence-electron chi connectivity index (χ0n) is 17.2. The number of aryl methyl sites for hydroxylation is 2. The molecule has 0 spiro atoms. The number of nitrogens with zero attached hydrogens (tertiary/aromatic N) is 2. The largest absolute Gasteiger partial charge is 0.356 e. The van der Waals surface area contributed by atoms with Crippen molar-refractivity contribution < 1.29 is 4.79 Å². The number of carbonyl (C=O) groups is 1. The minimum absolute atomic E-state index is 0.140. The van der Waals surface area contributed by atoms with Gasteiger partial charge in [0, 0.05) is 12.5 Å². The van der Waals surface area contributed by atoms with E-state index in [9.17, 15) is 4.79 Å². The molecule has 2 aromatic carbocycles. The average Bonchev–Trinajstić information content (AvgIpc) is 3.13. The molecule has 3 aromatic rings. The fourth-order valence-electron chi connectivity index (χ4n) is 4.11. The number of amides is 1. The molecule has 152 valence electrons. The Balaban J connectivity index is 1.19. The van der Waals surface area contributed by atoms with Crippen LogP contribution in [0.4, 0.5) is 0 Å². The van der Waals surface area contributed by atoms with Gasteiger partial charge in [-0.05, 0) is 69.0 Å². The molecule has 0 bridgehead atoms. The van der Waals surface area contributed by atoms with E-state index < -0.39 is 0 Å². The SMILES string of the molecule is Cc1ccc2nc(CN3CCC(C(=O)NCCCc4ccccc4)CC3)[nH]c2c1. The average molecular weight is 391 g/mol. The molecule has 1 aliphatic rings. The van der Waals surface area contributed by atoms with Crippen LogP contribution in [0.2, 0.25) is 0 Å². The number of carbonyl (C=O) groups excluding carboxylic acids is 1. The number of hydrogen-bond acceptors (Lipinski definition) is 3. The lowest BCUT2D eigenvalue weighted by atomic mass is 9.96. The standard InChI is InChI=1S/C24H30N4O/c1-18-9-10-21-22(16-18)27-23(26-21)17-28-14-11-20(12-15-28)24(29)25-13-5-8-19-6-3-2-4-7-19/h2-4,6-7,9-10,16,20H,5,8,11-15,17H2,1H3,(H,25,29)(H,26,27). The predicted octanol–water partition coefficient (Wildman–Crippen LogP) is 3.83. The number of piperidine rings is 1. The van der Waals surface area contributed by atoms with E-state index in [0.717, 1.165) is 68.7 Å². The van der Waals surface area contributed by atoms with Gasteiger partial charge < -0.3 is 10.3 Å². The number of H-pyrrole nitrogens is 1. The summed E-state index contributed by atoms with van der Waals surface area (Å²) in [7, 11) is 0. The quantitative estimate of drug-likeness (QED) is 0.603. The number of hydrogen-bond donors (Lipinski definition) is 2. The summed E-state index contributed by atoms with van der Waals surface area (Å²) in [6, 6.07) is 16.7. The Morgan fingerprint density at radius 3 is 2.76 bits per heavy atom. The zero-order chi connectivity index (χ0) is 20.1. The van der Waals surface area contributed by atoms with E-state index in [-0.39, 0.29) is 11.8 Å². The second kappa shape index (κ2) is 9.23. The summed E-state index contributed by atoms with van der Waals surface area (Å²) in [4.78, 5) is 23.0. The lowest BCUT2D eigenvalue weighted by molar-refractivity contribution is -0.126. The molecule has 0 saturated carbocycles. The topological polar surface area (TPSA) is 61.0 Å². The maximum Gasteiger partial charge on any atom is 0.223 e. The van der Waals surface area contributed by atoms with Gasteiger partial charge in [-0.3, -0.25) is 9.69 Å². The van der Waals surface area contributed by atoms with Gasteiger partial charge in [-0.2, -0.15) is 0 Å². The number of aromatic amines is 1. The fourth-order valence-corrected chi connectivity index (χ4v) is 4.11. The van der Waals surface area contributed by atoms with Gasteiger partial charge in [0.05, 0.1) is 17.6 Å². The first-order valence-electron chi connectivity index (χ1n) is 10.7. The van der Waals surface area contributed by atoms with Crippen LogP contribution in [0.1, 0.15) is 36.2 Å². The number of aromatic nitrogens is 2. The van der Waals surface area contributed by atoms with Crippen molar-refractivity contribution in [2.75, 3.05) is 19.6 Å². The molecule has 0 unspecified atom stereocenters. The summed E-state index contributed by atoms with van der Waals surface area (Å²) in [5, 5.41) is 3.13. The van der Waals surface area contributed by atoms with E-state index in [1.807, 2.05) is 6.07 Å². The third kappa shape index (κ3) is 5.24. The van der Waals surface area contributed by atoms with E-state index in [2.05, 4.69) is 64.6 Å². The molecule has 0 atom stereocenters. The summed E-state index contributed by atoms with van der Waals surface area (Å²) < 4.78 is 0. The van der Waals surface area contributed by atoms with Gasteiger partial charge in [0.2, 0.25) is 5.91 Å². The van der Waals surface area contributed by atoms with Crippen molar-refractivity contribution in [1.82, 2.24) is 20.2 Å². The Kier molecular flexibility index (Phi) is 6.25. The van der Waals surface area contributed by atoms with Crippen LogP contribution in [0, 0.1) is 12.8 Å². The number of nitrogens with one attached hydrogen (secondary N) is 2. The summed E-state index contributed by atoms with van der Waals surface area (Å²) in [6.45, 7) is 5.55. The van der Waals surface area contributed by atoms with E-state index in [1.54, 1.807) is 0 Å². The van der Waals surface area contributed by atoms with Gasteiger partial charge >= 0.3 is 0 Å². The Morgan fingerprint density at radius 2 is 1.97 bits per heavy atom. The Labute approximate surface area is 172 Å². The molecule has 0 aliphatic carbocycles. The molecule has 5 nitrogen and oxygen atoms in total. The molecule has 2 heterocycles. The molecule has 5 heteroatoms. The van der Waals surface area contributed by atoms with E-state index in [4.69, 9.17) is 4.98 Å². The number of imidazole rings is 1. The molecule has 1 aromatic heterocycles. The van der Waals surface area contributed by atoms with Gasteiger partial charge in [-0.1, -0.05) is 36.4 Å². The van der Waals surface area contributed by atoms with Crippen LogP contribution < -0.4 is 5.32 Å². The first kappa shape index (κ1) is 19.6. The predicted molar refractivity (Wildman–Crippen MR) is 117 cm³/mol. The Bertz CT molecular complexity index is 942. The Hall–Kier alpha value is -2.66. The molecule has 2 N–H and O–H groups in total. The molecule has 1 fully saturated rings. The summed E-state index contributed by atoms with van der Waals surface area (Å²) in [5.74, 6) is 1.37. The molecule has 4 rings (SSSR count). The van der Waals surface area contributed by atoms with Crippen molar-refractivity contribution in [3.8, 4) is 0 Å². The number of likely N-dealkylation sites (tertiary alicyclic amines) is 1. The lowest BCUT2D eigenvalue weighted by Gasteiger charge is -2.30. The smallest absolute Gasteiger partial charge is 0.223 e. The normalized spacial score (nSPS) is 15.6. The second-order valence-electron chi connectivity index (χ2n) is 8.13. The van der Waals surface area contributed by atoms with Gasteiger partial charge in [-0.25, -0.2) is 4.98 Å². The highest BCUT2D eigenvalue weighted by Crippen LogP contribution is 2.20. The molecule has 1 aliphatic heterocycles. The minimum atomic E-state index is 0.140. The van der Waals surface area contributed by atoms with Gasteiger partial charge in [0.1, 0.15) is 5.82 Å². The first-order valence-corrected chi connectivity index (χ1v) is 10.7. The molecule has 29 heavy (non-hydrogen) atoms. The van der Waals surface area contributed by atoms with Crippen molar-refractivity contribution in [1.29, 1.82) is 0 Å². The van der Waals surface area contributed by atoms with Crippen LogP contribution in [0.15, 0.2) is 48.5 Å². The molecular formula is C24H30N4O. The minimum Gasteiger partial charge on any atom is -0.356 e. The maximum atomic E-state index is 12.5. The van der Waals surface area contributed by atoms with Gasteiger partial charge in [0.15, 0.2) is 0 Å². The number of fused-ring (bicyclic) bond motifs is 1. The molecule has 1 saturated heterocycles. The molecular weight excluding hydrogens is 360 g/mol. The lowest BCUT2D eigenvalue weighted by Crippen LogP contribution is -2.40. The molecule has 0 radical (unpaired) electrons. The maximum absolute atomic E-state index is 12.5. The van der Waals surface area contributed by atoms with E-state index in [0.29, 0.717) is 0 Å². The number of benzene rings is 2. The third-order valence-electron chi connectivity index (χ3n) is 5.80. The summed E-state index contributed by atoms with van der Waals surface area (Å²) in [6.07, 6.45) is 3.84. The van der Waals surface area contributed by atoms with Crippen molar-refractivity contribution in [3.05, 3.63) is 65.5 Å². The Morgan fingerprint density at radius 1 is 1.17 bits per heavy atom. The highest BCUT2D eigenvalue weighted by atomic mass is 16.1. The fraction of sp³-hybridized carbons (Fsp3) is 0.417. The second-order valence-corrected chi connectivity index (χ2v) is 8.13. The monoisotopic (exact) mass is 390 g/mol. The first-order chi connectivity index (χ1) is 14.2. The summed E-state index contributed by atoms with van der Waals surface area (Å²) in [5.41, 5.74) is 4.69. The van der Waals surface area contributed by atoms with Crippen molar-refractivity contribution >= 4 is 16.9 Å². The third-order valence-corrected chi connectivity index (χ3v) is 5.80. The van der Waals surface area contributed by atoms with Crippen molar-refractivity contribution in [2.24, 2.45) is 5.92 Å². The number of rotatable bonds is 7. The van der Waals surface area contributed by atoms with Gasteiger partial charge in [0.25, 0.3) is 0 Å². The highest BCUT2D eigenvalue weighted by Gasteiger charge is 2.25. The van der Waals surface area contributed by atoms with Crippen LogP contribution in [-0.4, -0.2) is 40.4 Å². The highest BCUT2D eigenvalue weighted by molar-refractivity contribution is 5.78.